The van der Waals surface area contributed by atoms with Crippen molar-refractivity contribution in [1.29, 1.82) is 0 Å². The highest BCUT2D eigenvalue weighted by atomic mass is 16.5. The number of hydrogen-bond donors (Lipinski definition) is 0. The van der Waals surface area contributed by atoms with Crippen LogP contribution >= 0.6 is 0 Å². The number of ether oxygens (including phenoxy) is 1. The molecule has 12 heavy (non-hydrogen) atoms. The van der Waals surface area contributed by atoms with Crippen molar-refractivity contribution in [2.45, 2.75) is 32.6 Å². The van der Waals surface area contributed by atoms with Gasteiger partial charge in [-0.05, 0) is 38.5 Å². The van der Waals surface area contributed by atoms with E-state index in [0.29, 0.717) is 12.5 Å². The van der Waals surface area contributed by atoms with Gasteiger partial charge >= 0.3 is 5.97 Å². The molecule has 1 saturated carbocycles. The zero-order valence-corrected chi connectivity index (χ0v) is 7.71. The molecule has 69 valence electrons. The van der Waals surface area contributed by atoms with Crippen LogP contribution in [-0.2, 0) is 9.53 Å². The van der Waals surface area contributed by atoms with Gasteiger partial charge in [0.1, 0.15) is 0 Å². The lowest BCUT2D eigenvalue weighted by molar-refractivity contribution is -0.149. The Balaban J connectivity index is 2.29. The quantitative estimate of drug-likeness (QED) is 0.592. The zero-order valence-electron chi connectivity index (χ0n) is 7.71. The number of carbonyl (C=O) groups excluding carboxylic acids is 1. The Kier molecular flexibility index (Phi) is 3.57. The van der Waals surface area contributed by atoms with E-state index >= 15 is 0 Å². The summed E-state index contributed by atoms with van der Waals surface area (Å²) in [6.07, 6.45) is 4.08. The fourth-order valence-corrected chi connectivity index (χ4v) is 1.66. The Morgan fingerprint density at radius 2 is 2.00 bits per heavy atom. The van der Waals surface area contributed by atoms with Gasteiger partial charge in [0, 0.05) is 0 Å². The number of carbonyl (C=O) groups is 1. The van der Waals surface area contributed by atoms with Gasteiger partial charge < -0.3 is 4.74 Å². The summed E-state index contributed by atoms with van der Waals surface area (Å²) in [6.45, 7) is 6.34. The smallest absolute Gasteiger partial charge is 0.308 e. The molecule has 0 N–H and O–H groups in total. The largest absolute Gasteiger partial charge is 0.466 e. The Bertz CT molecular complexity index is 146. The van der Waals surface area contributed by atoms with E-state index < -0.39 is 0 Å². The first-order valence-corrected chi connectivity index (χ1v) is 4.73. The standard InChI is InChI=1S/C10H17O2/c1-3-12-10(11)9-6-4-8(2)5-7-9/h8-9H,2-7H2,1H3. The molecule has 1 fully saturated rings. The van der Waals surface area contributed by atoms with Crippen molar-refractivity contribution < 1.29 is 9.53 Å². The van der Waals surface area contributed by atoms with Crippen LogP contribution < -0.4 is 0 Å². The topological polar surface area (TPSA) is 26.3 Å². The van der Waals surface area contributed by atoms with Gasteiger partial charge in [-0.15, -0.1) is 0 Å². The van der Waals surface area contributed by atoms with E-state index in [1.807, 2.05) is 6.92 Å². The Hall–Kier alpha value is -0.530. The SMILES string of the molecule is [CH2]C1CCC(C(=O)OCC)CC1. The van der Waals surface area contributed by atoms with Crippen LogP contribution in [0, 0.1) is 18.8 Å². The molecule has 0 saturated heterocycles. The Morgan fingerprint density at radius 1 is 1.42 bits per heavy atom. The summed E-state index contributed by atoms with van der Waals surface area (Å²) >= 11 is 0. The number of hydrogen-bond acceptors (Lipinski definition) is 2. The number of esters is 1. The van der Waals surface area contributed by atoms with Crippen LogP contribution in [0.2, 0.25) is 0 Å². The summed E-state index contributed by atoms with van der Waals surface area (Å²) in [7, 11) is 0. The monoisotopic (exact) mass is 169 g/mol. The van der Waals surface area contributed by atoms with Gasteiger partial charge in [0.15, 0.2) is 0 Å². The molecule has 1 aliphatic carbocycles. The van der Waals surface area contributed by atoms with E-state index in [1.165, 1.54) is 0 Å². The first kappa shape index (κ1) is 9.56. The highest BCUT2D eigenvalue weighted by Crippen LogP contribution is 2.28. The molecule has 0 bridgehead atoms. The van der Waals surface area contributed by atoms with E-state index in [1.54, 1.807) is 0 Å². The summed E-state index contributed by atoms with van der Waals surface area (Å²) in [4.78, 5) is 11.3. The van der Waals surface area contributed by atoms with E-state index in [4.69, 9.17) is 4.74 Å². The molecule has 0 aliphatic heterocycles. The average Bonchev–Trinajstić information content (AvgIpc) is 2.06. The molecule has 0 aromatic heterocycles. The predicted octanol–water partition coefficient (Wildman–Crippen LogP) is 2.19. The van der Waals surface area contributed by atoms with Crippen LogP contribution in [-0.4, -0.2) is 12.6 Å². The highest BCUT2D eigenvalue weighted by molar-refractivity contribution is 5.72. The summed E-state index contributed by atoms with van der Waals surface area (Å²) < 4.78 is 4.96. The van der Waals surface area contributed by atoms with Crippen molar-refractivity contribution in [3.05, 3.63) is 6.92 Å². The van der Waals surface area contributed by atoms with Gasteiger partial charge in [0.05, 0.1) is 12.5 Å². The maximum Gasteiger partial charge on any atom is 0.308 e. The van der Waals surface area contributed by atoms with Crippen LogP contribution in [0.5, 0.6) is 0 Å². The summed E-state index contributed by atoms with van der Waals surface area (Å²) in [6, 6.07) is 0. The molecule has 0 spiro atoms. The molecular formula is C10H17O2. The van der Waals surface area contributed by atoms with Crippen molar-refractivity contribution in [3.63, 3.8) is 0 Å². The van der Waals surface area contributed by atoms with Gasteiger partial charge in [-0.2, -0.15) is 0 Å². The molecule has 0 unspecified atom stereocenters. The van der Waals surface area contributed by atoms with Crippen LogP contribution in [0.3, 0.4) is 0 Å². The van der Waals surface area contributed by atoms with Crippen molar-refractivity contribution in [2.24, 2.45) is 11.8 Å². The Labute approximate surface area is 74.3 Å². The van der Waals surface area contributed by atoms with Gasteiger partial charge in [-0.3, -0.25) is 4.79 Å². The maximum atomic E-state index is 11.3. The second kappa shape index (κ2) is 4.48. The fraction of sp³-hybridized carbons (Fsp3) is 0.800. The average molecular weight is 169 g/mol. The lowest BCUT2D eigenvalue weighted by atomic mass is 9.83. The van der Waals surface area contributed by atoms with Crippen molar-refractivity contribution in [3.8, 4) is 0 Å². The van der Waals surface area contributed by atoms with Crippen LogP contribution in [0.15, 0.2) is 0 Å². The van der Waals surface area contributed by atoms with Gasteiger partial charge in [-0.1, -0.05) is 6.92 Å². The normalized spacial score (nSPS) is 29.8. The molecule has 1 rings (SSSR count). The van der Waals surface area contributed by atoms with E-state index in [-0.39, 0.29) is 11.9 Å². The molecule has 0 amide bonds. The van der Waals surface area contributed by atoms with Crippen molar-refractivity contribution >= 4 is 5.97 Å². The third kappa shape index (κ3) is 2.50. The summed E-state index contributed by atoms with van der Waals surface area (Å²) in [5, 5.41) is 0. The number of rotatable bonds is 2. The maximum absolute atomic E-state index is 11.3. The molecule has 0 heterocycles. The van der Waals surface area contributed by atoms with Crippen LogP contribution in [0.1, 0.15) is 32.6 Å². The molecule has 0 atom stereocenters. The zero-order chi connectivity index (χ0) is 8.97. The summed E-state index contributed by atoms with van der Waals surface area (Å²) in [5.74, 6) is 0.697. The van der Waals surface area contributed by atoms with Crippen LogP contribution in [0.4, 0.5) is 0 Å². The Morgan fingerprint density at radius 3 is 2.50 bits per heavy atom. The predicted molar refractivity (Wildman–Crippen MR) is 47.4 cm³/mol. The first-order chi connectivity index (χ1) is 5.74. The minimum atomic E-state index is -0.00981. The minimum Gasteiger partial charge on any atom is -0.466 e. The second-order valence-electron chi connectivity index (χ2n) is 3.47. The minimum absolute atomic E-state index is 0.00981. The van der Waals surface area contributed by atoms with Gasteiger partial charge in [0.25, 0.3) is 0 Å². The molecule has 0 aromatic rings. The van der Waals surface area contributed by atoms with Crippen LogP contribution in [0.25, 0.3) is 0 Å². The third-order valence-electron chi connectivity index (χ3n) is 2.47. The fourth-order valence-electron chi connectivity index (χ4n) is 1.66. The molecule has 1 aliphatic rings. The molecular weight excluding hydrogens is 152 g/mol. The van der Waals surface area contributed by atoms with E-state index in [9.17, 15) is 4.79 Å². The van der Waals surface area contributed by atoms with E-state index in [0.717, 1.165) is 25.7 Å². The lowest BCUT2D eigenvalue weighted by Crippen LogP contribution is -2.22. The first-order valence-electron chi connectivity index (χ1n) is 4.73. The van der Waals surface area contributed by atoms with Gasteiger partial charge in [0.2, 0.25) is 0 Å². The van der Waals surface area contributed by atoms with Crippen molar-refractivity contribution in [2.75, 3.05) is 6.61 Å². The molecule has 2 nitrogen and oxygen atoms in total. The second-order valence-corrected chi connectivity index (χ2v) is 3.47. The molecule has 0 aromatic carbocycles. The third-order valence-corrected chi connectivity index (χ3v) is 2.47. The summed E-state index contributed by atoms with van der Waals surface area (Å²) in [5.41, 5.74) is 0. The van der Waals surface area contributed by atoms with E-state index in [2.05, 4.69) is 6.92 Å². The van der Waals surface area contributed by atoms with Crippen molar-refractivity contribution in [1.82, 2.24) is 0 Å². The lowest BCUT2D eigenvalue weighted by Gasteiger charge is -2.24. The highest BCUT2D eigenvalue weighted by Gasteiger charge is 2.24. The molecule has 2 heteroatoms. The molecule has 1 radical (unpaired) electrons. The van der Waals surface area contributed by atoms with Gasteiger partial charge in [-0.25, -0.2) is 0 Å².